The molecule has 4 rings (SSSR count). The van der Waals surface area contributed by atoms with Gasteiger partial charge in [-0.25, -0.2) is 4.79 Å². The van der Waals surface area contributed by atoms with Crippen LogP contribution in [0.25, 0.3) is 11.1 Å². The van der Waals surface area contributed by atoms with Crippen LogP contribution in [0.2, 0.25) is 0 Å². The molecule has 0 radical (unpaired) electrons. The maximum atomic E-state index is 12.5. The van der Waals surface area contributed by atoms with Crippen LogP contribution in [0.1, 0.15) is 30.4 Å². The zero-order chi connectivity index (χ0) is 22.0. The molecule has 0 bridgehead atoms. The Morgan fingerprint density at radius 2 is 1.71 bits per heavy atom. The zero-order valence-corrected chi connectivity index (χ0v) is 17.0. The third-order valence-electron chi connectivity index (χ3n) is 5.73. The Kier molecular flexibility index (Phi) is 5.90. The number of fused-ring (bicyclic) bond motifs is 3. The van der Waals surface area contributed by atoms with Crippen molar-refractivity contribution in [1.29, 1.82) is 0 Å². The van der Waals surface area contributed by atoms with Crippen molar-refractivity contribution in [3.05, 3.63) is 59.7 Å². The highest BCUT2D eigenvalue weighted by Gasteiger charge is 2.37. The van der Waals surface area contributed by atoms with Gasteiger partial charge in [0.05, 0.1) is 6.04 Å². The normalized spacial score (nSPS) is 20.4. The largest absolute Gasteiger partial charge is 0.480 e. The number of carboxylic acids is 1. The molecule has 1 heterocycles. The van der Waals surface area contributed by atoms with Crippen LogP contribution in [0.3, 0.4) is 0 Å². The standard InChI is InChI=1S/C23H24N2O6/c1-13(22(27)28)24-21(26)20-19(10-11-30-20)25-23(29)31-12-18-16-8-4-2-6-14(16)15-7-3-5-9-17(15)18/h2-9,13,18-20H,10-12H2,1H3,(H,24,26)(H,25,29)(H,27,28)/t13-,19?,20?/m0/s1. The third kappa shape index (κ3) is 4.25. The van der Waals surface area contributed by atoms with E-state index in [4.69, 9.17) is 14.6 Å². The molecule has 0 saturated carbocycles. The monoisotopic (exact) mass is 424 g/mol. The van der Waals surface area contributed by atoms with Crippen molar-refractivity contribution in [2.75, 3.05) is 13.2 Å². The first kappa shape index (κ1) is 20.9. The van der Waals surface area contributed by atoms with Crippen LogP contribution in [-0.2, 0) is 19.1 Å². The number of amides is 2. The molecule has 31 heavy (non-hydrogen) atoms. The van der Waals surface area contributed by atoms with Crippen LogP contribution in [-0.4, -0.2) is 54.5 Å². The van der Waals surface area contributed by atoms with E-state index in [0.29, 0.717) is 6.42 Å². The first-order chi connectivity index (χ1) is 15.0. The Morgan fingerprint density at radius 1 is 1.10 bits per heavy atom. The lowest BCUT2D eigenvalue weighted by molar-refractivity contribution is -0.143. The Bertz CT molecular complexity index is 962. The molecule has 0 spiro atoms. The Labute approximate surface area is 179 Å². The molecule has 1 aliphatic heterocycles. The Hall–Kier alpha value is -3.39. The fraction of sp³-hybridized carbons (Fsp3) is 0.348. The van der Waals surface area contributed by atoms with E-state index in [-0.39, 0.29) is 19.1 Å². The number of nitrogens with one attached hydrogen (secondary N) is 2. The second kappa shape index (κ2) is 8.77. The molecule has 1 fully saturated rings. The minimum atomic E-state index is -1.15. The molecule has 2 aromatic carbocycles. The van der Waals surface area contributed by atoms with E-state index in [1.807, 2.05) is 36.4 Å². The maximum Gasteiger partial charge on any atom is 0.407 e. The van der Waals surface area contributed by atoms with Gasteiger partial charge in [-0.2, -0.15) is 0 Å². The van der Waals surface area contributed by atoms with Crippen molar-refractivity contribution in [3.63, 3.8) is 0 Å². The van der Waals surface area contributed by atoms with Crippen molar-refractivity contribution in [2.45, 2.75) is 37.5 Å². The molecule has 3 N–H and O–H groups in total. The van der Waals surface area contributed by atoms with Gasteiger partial charge in [0, 0.05) is 12.5 Å². The number of aliphatic carboxylic acids is 1. The van der Waals surface area contributed by atoms with Crippen LogP contribution in [0.4, 0.5) is 4.79 Å². The summed E-state index contributed by atoms with van der Waals surface area (Å²) < 4.78 is 10.9. The van der Waals surface area contributed by atoms with E-state index >= 15 is 0 Å². The van der Waals surface area contributed by atoms with Crippen LogP contribution < -0.4 is 10.6 Å². The highest BCUT2D eigenvalue weighted by molar-refractivity contribution is 5.87. The second-order valence-corrected chi connectivity index (χ2v) is 7.72. The van der Waals surface area contributed by atoms with E-state index < -0.39 is 36.2 Å². The zero-order valence-electron chi connectivity index (χ0n) is 17.0. The Balaban J connectivity index is 1.37. The molecule has 1 saturated heterocycles. The summed E-state index contributed by atoms with van der Waals surface area (Å²) in [6.07, 6.45) is -1.16. The number of carboxylic acid groups (broad SMARTS) is 1. The van der Waals surface area contributed by atoms with Gasteiger partial charge >= 0.3 is 12.1 Å². The summed E-state index contributed by atoms with van der Waals surface area (Å²) in [6, 6.07) is 14.5. The van der Waals surface area contributed by atoms with Crippen molar-refractivity contribution >= 4 is 18.0 Å². The lowest BCUT2D eigenvalue weighted by Crippen LogP contribution is -2.51. The molecule has 2 amide bonds. The molecule has 2 unspecified atom stereocenters. The summed E-state index contributed by atoms with van der Waals surface area (Å²) in [5, 5.41) is 14.0. The molecule has 3 atom stereocenters. The number of carbonyl (C=O) groups excluding carboxylic acids is 2. The number of ether oxygens (including phenoxy) is 2. The summed E-state index contributed by atoms with van der Waals surface area (Å²) in [5.74, 6) is -1.78. The lowest BCUT2D eigenvalue weighted by Gasteiger charge is -2.21. The molecule has 2 aromatic rings. The molecule has 8 nitrogen and oxygen atoms in total. The highest BCUT2D eigenvalue weighted by atomic mass is 16.6. The molecular weight excluding hydrogens is 400 g/mol. The fourth-order valence-electron chi connectivity index (χ4n) is 4.14. The van der Waals surface area contributed by atoms with Crippen molar-refractivity contribution in [3.8, 4) is 11.1 Å². The molecule has 8 heteroatoms. The van der Waals surface area contributed by atoms with E-state index in [1.54, 1.807) is 0 Å². The third-order valence-corrected chi connectivity index (χ3v) is 5.73. The highest BCUT2D eigenvalue weighted by Crippen LogP contribution is 2.44. The number of benzene rings is 2. The SMILES string of the molecule is C[C@H](NC(=O)C1OCCC1NC(=O)OCC1c2ccccc2-c2ccccc21)C(=O)O. The smallest absolute Gasteiger partial charge is 0.407 e. The predicted octanol–water partition coefficient (Wildman–Crippen LogP) is 2.27. The van der Waals surface area contributed by atoms with Crippen molar-refractivity contribution in [1.82, 2.24) is 10.6 Å². The maximum absolute atomic E-state index is 12.5. The van der Waals surface area contributed by atoms with Gasteiger partial charge in [0.2, 0.25) is 0 Å². The van der Waals surface area contributed by atoms with Gasteiger partial charge in [0.25, 0.3) is 5.91 Å². The van der Waals surface area contributed by atoms with Gasteiger partial charge in [0.15, 0.2) is 6.10 Å². The summed E-state index contributed by atoms with van der Waals surface area (Å²) in [7, 11) is 0. The number of carbonyl (C=O) groups is 3. The van der Waals surface area contributed by atoms with Gasteiger partial charge < -0.3 is 25.2 Å². The van der Waals surface area contributed by atoms with Crippen molar-refractivity contribution < 1.29 is 29.0 Å². The lowest BCUT2D eigenvalue weighted by atomic mass is 9.98. The summed E-state index contributed by atoms with van der Waals surface area (Å²) in [6.45, 7) is 1.82. The van der Waals surface area contributed by atoms with Crippen LogP contribution in [0.5, 0.6) is 0 Å². The van der Waals surface area contributed by atoms with Gasteiger partial charge in [-0.3, -0.25) is 9.59 Å². The molecule has 1 aliphatic carbocycles. The topological polar surface area (TPSA) is 114 Å². The van der Waals surface area contributed by atoms with Gasteiger partial charge in [0.1, 0.15) is 12.6 Å². The first-order valence-electron chi connectivity index (χ1n) is 10.2. The van der Waals surface area contributed by atoms with E-state index in [1.165, 1.54) is 6.92 Å². The average Bonchev–Trinajstić information content (AvgIpc) is 3.34. The van der Waals surface area contributed by atoms with Gasteiger partial charge in [-0.05, 0) is 35.6 Å². The Morgan fingerprint density at radius 3 is 2.32 bits per heavy atom. The number of hydrogen-bond donors (Lipinski definition) is 3. The molecule has 2 aliphatic rings. The quantitative estimate of drug-likeness (QED) is 0.656. The summed E-state index contributed by atoms with van der Waals surface area (Å²) >= 11 is 0. The molecule has 0 aromatic heterocycles. The minimum Gasteiger partial charge on any atom is -0.480 e. The molecular formula is C23H24N2O6. The van der Waals surface area contributed by atoms with E-state index in [2.05, 4.69) is 22.8 Å². The number of rotatable bonds is 6. The second-order valence-electron chi connectivity index (χ2n) is 7.72. The van der Waals surface area contributed by atoms with Gasteiger partial charge in [-0.1, -0.05) is 48.5 Å². The average molecular weight is 424 g/mol. The van der Waals surface area contributed by atoms with Crippen LogP contribution in [0.15, 0.2) is 48.5 Å². The molecule has 162 valence electrons. The van der Waals surface area contributed by atoms with E-state index in [9.17, 15) is 14.4 Å². The van der Waals surface area contributed by atoms with Crippen LogP contribution >= 0.6 is 0 Å². The number of hydrogen-bond acceptors (Lipinski definition) is 5. The van der Waals surface area contributed by atoms with Crippen LogP contribution in [0, 0.1) is 0 Å². The first-order valence-corrected chi connectivity index (χ1v) is 10.2. The summed E-state index contributed by atoms with van der Waals surface area (Å²) in [4.78, 5) is 35.7. The predicted molar refractivity (Wildman–Crippen MR) is 112 cm³/mol. The van der Waals surface area contributed by atoms with E-state index in [0.717, 1.165) is 22.3 Å². The summed E-state index contributed by atoms with van der Waals surface area (Å²) in [5.41, 5.74) is 4.50. The minimum absolute atomic E-state index is 0.0616. The van der Waals surface area contributed by atoms with Crippen molar-refractivity contribution in [2.24, 2.45) is 0 Å². The van der Waals surface area contributed by atoms with Gasteiger partial charge in [-0.15, -0.1) is 0 Å². The number of alkyl carbamates (subject to hydrolysis) is 1. The fourth-order valence-corrected chi connectivity index (χ4v) is 4.14.